The summed E-state index contributed by atoms with van der Waals surface area (Å²) in [4.78, 5) is 31.3. The Morgan fingerprint density at radius 1 is 0.864 bits per heavy atom. The van der Waals surface area contributed by atoms with Crippen molar-refractivity contribution in [2.75, 3.05) is 18.2 Å². The molecule has 0 radical (unpaired) electrons. The minimum absolute atomic E-state index is 0.188. The van der Waals surface area contributed by atoms with Crippen molar-refractivity contribution in [1.82, 2.24) is 24.5 Å². The number of nitrogens with two attached hydrogens (primary N) is 1. The first-order valence-electron chi connectivity index (χ1n) is 13.5. The van der Waals surface area contributed by atoms with Crippen LogP contribution < -0.4 is 21.2 Å². The number of carbonyl (C=O) groups excluding carboxylic acids is 1. The van der Waals surface area contributed by atoms with Crippen LogP contribution in [0.1, 0.15) is 10.5 Å². The lowest BCUT2D eigenvalue weighted by molar-refractivity contribution is 0.101. The Labute approximate surface area is 251 Å². The number of rotatable bonds is 7. The minimum Gasteiger partial charge on any atom is -0.497 e. The third-order valence-electron chi connectivity index (χ3n) is 7.04. The summed E-state index contributed by atoms with van der Waals surface area (Å²) in [6.45, 7) is 0. The van der Waals surface area contributed by atoms with E-state index in [0.29, 0.717) is 28.5 Å². The van der Waals surface area contributed by atoms with E-state index in [1.165, 1.54) is 35.1 Å². The van der Waals surface area contributed by atoms with Crippen LogP contribution in [0.25, 0.3) is 39.1 Å². The van der Waals surface area contributed by atoms with Crippen molar-refractivity contribution in [3.8, 4) is 44.8 Å². The van der Waals surface area contributed by atoms with Gasteiger partial charge in [-0.2, -0.15) is 10.2 Å². The zero-order chi connectivity index (χ0) is 30.8. The van der Waals surface area contributed by atoms with E-state index in [1.54, 1.807) is 72.7 Å². The number of hydrogen-bond acceptors (Lipinski definition) is 7. The highest BCUT2D eigenvalue weighted by Crippen LogP contribution is 2.30. The maximum atomic E-state index is 13.6. The Bertz CT molecular complexity index is 2040. The molecule has 3 N–H and O–H groups in total. The van der Waals surface area contributed by atoms with Crippen LogP contribution in [0.2, 0.25) is 0 Å². The quantitative estimate of drug-likeness (QED) is 0.258. The van der Waals surface area contributed by atoms with Gasteiger partial charge >= 0.3 is 0 Å². The molecule has 0 atom stereocenters. The molecule has 0 aliphatic carbocycles. The molecule has 0 saturated heterocycles. The van der Waals surface area contributed by atoms with Crippen LogP contribution in [0.5, 0.6) is 5.75 Å². The molecule has 1 amide bonds. The Morgan fingerprint density at radius 3 is 2.20 bits per heavy atom. The van der Waals surface area contributed by atoms with Gasteiger partial charge < -0.3 is 15.8 Å². The number of nitrogens with one attached hydrogen (secondary N) is 1. The van der Waals surface area contributed by atoms with Gasteiger partial charge in [-0.15, -0.1) is 0 Å². The first kappa shape index (κ1) is 28.0. The van der Waals surface area contributed by atoms with Gasteiger partial charge in [-0.3, -0.25) is 14.3 Å². The van der Waals surface area contributed by atoms with E-state index in [1.807, 2.05) is 19.3 Å². The van der Waals surface area contributed by atoms with Gasteiger partial charge in [0, 0.05) is 48.0 Å². The van der Waals surface area contributed by atoms with Crippen LogP contribution in [0, 0.1) is 5.82 Å². The standard InChI is InChI=1S/C33H26FN7O3/c1-40-18-23(17-37-40)22-15-28(32(35)36-16-22)20-5-9-25(10-6-20)38-33(43)30-31(42)29(21-3-7-24(34)8-4-21)19-41(39-30)26-11-13-27(44-2)14-12-26/h3-19H,1-2H3,(H2,35,36)(H,38,43). The lowest BCUT2D eigenvalue weighted by atomic mass is 10.0. The number of pyridine rings is 1. The van der Waals surface area contributed by atoms with E-state index in [2.05, 4.69) is 20.5 Å². The molecule has 0 aliphatic rings. The monoisotopic (exact) mass is 587 g/mol. The highest BCUT2D eigenvalue weighted by molar-refractivity contribution is 6.03. The van der Waals surface area contributed by atoms with Gasteiger partial charge in [0.25, 0.3) is 5.91 Å². The molecule has 0 saturated carbocycles. The van der Waals surface area contributed by atoms with Crippen molar-refractivity contribution in [3.63, 3.8) is 0 Å². The number of methoxy groups -OCH3 is 1. The summed E-state index contributed by atoms with van der Waals surface area (Å²) in [5.74, 6) is -0.151. The molecule has 3 aromatic heterocycles. The van der Waals surface area contributed by atoms with Gasteiger partial charge in [0.2, 0.25) is 5.43 Å². The molecule has 0 aliphatic heterocycles. The van der Waals surface area contributed by atoms with Crippen LogP contribution in [0.4, 0.5) is 15.9 Å². The summed E-state index contributed by atoms with van der Waals surface area (Å²) >= 11 is 0. The first-order valence-corrected chi connectivity index (χ1v) is 13.5. The van der Waals surface area contributed by atoms with E-state index < -0.39 is 17.2 Å². The molecule has 0 spiro atoms. The molecule has 0 fully saturated rings. The molecule has 6 rings (SSSR count). The third kappa shape index (κ3) is 5.66. The molecule has 6 aromatic rings. The summed E-state index contributed by atoms with van der Waals surface area (Å²) in [5.41, 5.74) is 10.2. The van der Waals surface area contributed by atoms with Gasteiger partial charge in [-0.05, 0) is 65.7 Å². The fourth-order valence-electron chi connectivity index (χ4n) is 4.70. The zero-order valence-corrected chi connectivity index (χ0v) is 23.7. The second-order valence-electron chi connectivity index (χ2n) is 9.96. The highest BCUT2D eigenvalue weighted by atomic mass is 19.1. The Hall–Kier alpha value is -6.10. The number of carbonyl (C=O) groups is 1. The fraction of sp³-hybridized carbons (Fsp3) is 0.0606. The zero-order valence-electron chi connectivity index (χ0n) is 23.7. The van der Waals surface area contributed by atoms with E-state index in [4.69, 9.17) is 10.5 Å². The van der Waals surface area contributed by atoms with Crippen molar-refractivity contribution in [3.05, 3.63) is 125 Å². The second-order valence-corrected chi connectivity index (χ2v) is 9.96. The molecule has 3 heterocycles. The summed E-state index contributed by atoms with van der Waals surface area (Å²) in [6, 6.07) is 21.4. The lowest BCUT2D eigenvalue weighted by Crippen LogP contribution is -2.27. The molecule has 10 nitrogen and oxygen atoms in total. The maximum Gasteiger partial charge on any atom is 0.280 e. The predicted octanol–water partition coefficient (Wildman–Crippen LogP) is 5.34. The summed E-state index contributed by atoms with van der Waals surface area (Å²) in [7, 11) is 3.39. The molecular weight excluding hydrogens is 561 g/mol. The normalized spacial score (nSPS) is 10.9. The van der Waals surface area contributed by atoms with Gasteiger partial charge in [-0.25, -0.2) is 14.1 Å². The van der Waals surface area contributed by atoms with Gasteiger partial charge in [0.1, 0.15) is 17.4 Å². The SMILES string of the molecule is COc1ccc(-n2cc(-c3ccc(F)cc3)c(=O)c(C(=O)Nc3ccc(-c4cc(-c5cnn(C)c5)cnc4N)cc3)n2)cc1. The van der Waals surface area contributed by atoms with Gasteiger partial charge in [0.15, 0.2) is 5.69 Å². The number of hydrogen-bond donors (Lipinski definition) is 2. The molecule has 11 heteroatoms. The van der Waals surface area contributed by atoms with Crippen LogP contribution >= 0.6 is 0 Å². The number of aromatic nitrogens is 5. The maximum absolute atomic E-state index is 13.6. The Morgan fingerprint density at radius 2 is 1.55 bits per heavy atom. The van der Waals surface area contributed by atoms with Crippen LogP contribution in [0.15, 0.2) is 108 Å². The molecule has 0 unspecified atom stereocenters. The van der Waals surface area contributed by atoms with E-state index in [0.717, 1.165) is 22.3 Å². The van der Waals surface area contributed by atoms with E-state index >= 15 is 0 Å². The van der Waals surface area contributed by atoms with Crippen LogP contribution in [-0.4, -0.2) is 37.6 Å². The van der Waals surface area contributed by atoms with Crippen molar-refractivity contribution in [2.45, 2.75) is 0 Å². The van der Waals surface area contributed by atoms with Crippen molar-refractivity contribution in [2.24, 2.45) is 7.05 Å². The number of halogens is 1. The van der Waals surface area contributed by atoms with Gasteiger partial charge in [0.05, 0.1) is 24.6 Å². The second kappa shape index (κ2) is 11.6. The van der Waals surface area contributed by atoms with Crippen molar-refractivity contribution < 1.29 is 13.9 Å². The minimum atomic E-state index is -0.700. The topological polar surface area (TPSA) is 130 Å². The van der Waals surface area contributed by atoms with Gasteiger partial charge in [-0.1, -0.05) is 24.3 Å². The highest BCUT2D eigenvalue weighted by Gasteiger charge is 2.19. The van der Waals surface area contributed by atoms with E-state index in [-0.39, 0.29) is 11.3 Å². The number of benzene rings is 3. The summed E-state index contributed by atoms with van der Waals surface area (Å²) in [6.07, 6.45) is 6.84. The average Bonchev–Trinajstić information content (AvgIpc) is 3.48. The number of ether oxygens (including phenoxy) is 1. The molecular formula is C33H26FN7O3. The predicted molar refractivity (Wildman–Crippen MR) is 166 cm³/mol. The van der Waals surface area contributed by atoms with Crippen molar-refractivity contribution >= 4 is 17.4 Å². The van der Waals surface area contributed by atoms with Crippen LogP contribution in [-0.2, 0) is 7.05 Å². The number of aryl methyl sites for hydroxylation is 1. The number of nitrogens with zero attached hydrogens (tertiary/aromatic N) is 5. The fourth-order valence-corrected chi connectivity index (χ4v) is 4.70. The third-order valence-corrected chi connectivity index (χ3v) is 7.04. The summed E-state index contributed by atoms with van der Waals surface area (Å²) in [5, 5.41) is 11.3. The van der Waals surface area contributed by atoms with E-state index in [9.17, 15) is 14.0 Å². The number of nitrogen functional groups attached to an aromatic ring is 1. The van der Waals surface area contributed by atoms with Crippen LogP contribution in [0.3, 0.4) is 0 Å². The smallest absolute Gasteiger partial charge is 0.280 e. The molecule has 44 heavy (non-hydrogen) atoms. The molecule has 0 bridgehead atoms. The number of amides is 1. The number of anilines is 2. The Balaban J connectivity index is 1.32. The molecule has 3 aromatic carbocycles. The molecule has 218 valence electrons. The lowest BCUT2D eigenvalue weighted by Gasteiger charge is -2.13. The van der Waals surface area contributed by atoms with Crippen molar-refractivity contribution in [1.29, 1.82) is 0 Å². The largest absolute Gasteiger partial charge is 0.497 e. The summed E-state index contributed by atoms with van der Waals surface area (Å²) < 4.78 is 22.0. The average molecular weight is 588 g/mol. The first-order chi connectivity index (χ1) is 21.3. The Kier molecular flexibility index (Phi) is 7.42.